The Labute approximate surface area is 172 Å². The Bertz CT molecular complexity index is 795. The Morgan fingerprint density at radius 2 is 1.76 bits per heavy atom. The number of hydrogen-bond acceptors (Lipinski definition) is 6. The van der Waals surface area contributed by atoms with Gasteiger partial charge in [0.05, 0.1) is 25.1 Å². The molecule has 0 spiro atoms. The summed E-state index contributed by atoms with van der Waals surface area (Å²) in [5.41, 5.74) is 8.79. The number of nitrogens with two attached hydrogens (primary N) is 1. The van der Waals surface area contributed by atoms with E-state index in [9.17, 15) is 4.39 Å². The molecule has 0 amide bonds. The fourth-order valence-electron chi connectivity index (χ4n) is 3.63. The zero-order chi connectivity index (χ0) is 20.8. The number of halogens is 1. The molecule has 2 aromatic rings. The number of pyridine rings is 1. The van der Waals surface area contributed by atoms with E-state index < -0.39 is 5.82 Å². The number of nitrogens with zero attached hydrogens (tertiary/aromatic N) is 2. The van der Waals surface area contributed by atoms with Crippen LogP contribution < -0.4 is 20.5 Å². The lowest BCUT2D eigenvalue weighted by atomic mass is 10.0. The van der Waals surface area contributed by atoms with Gasteiger partial charge in [0.1, 0.15) is 5.82 Å². The van der Waals surface area contributed by atoms with Crippen molar-refractivity contribution in [2.75, 3.05) is 37.4 Å². The summed E-state index contributed by atoms with van der Waals surface area (Å²) in [6.45, 7) is 9.17. The maximum Gasteiger partial charge on any atom is 0.206 e. The van der Waals surface area contributed by atoms with Gasteiger partial charge >= 0.3 is 0 Å². The predicted molar refractivity (Wildman–Crippen MR) is 114 cm³/mol. The van der Waals surface area contributed by atoms with Crippen molar-refractivity contribution in [2.45, 2.75) is 46.2 Å². The van der Waals surface area contributed by atoms with Crippen LogP contribution in [-0.2, 0) is 6.54 Å². The minimum absolute atomic E-state index is 0.260. The lowest BCUT2D eigenvalue weighted by Gasteiger charge is -2.33. The average Bonchev–Trinajstić information content (AvgIpc) is 2.70. The van der Waals surface area contributed by atoms with Crippen LogP contribution in [0.1, 0.15) is 37.8 Å². The molecular formula is C22H31FN4O2. The standard InChI is InChI=1S/C22H31FN4O2/c1-4-28-19-11-16(12-20(21(19)23)29-5-2)14-27-8-6-17(7-9-27)26-18-10-15(3)22(24)25-13-18/h10-13,17,26H,4-9,14H2,1-3H3,(H2,24,25). The van der Waals surface area contributed by atoms with Gasteiger partial charge in [0.15, 0.2) is 11.5 Å². The first-order valence-corrected chi connectivity index (χ1v) is 10.3. The highest BCUT2D eigenvalue weighted by Crippen LogP contribution is 2.30. The number of nitrogen functional groups attached to an aromatic ring is 1. The van der Waals surface area contributed by atoms with Gasteiger partial charge in [-0.25, -0.2) is 4.98 Å². The second-order valence-electron chi connectivity index (χ2n) is 7.39. The first kappa shape index (κ1) is 21.2. The van der Waals surface area contributed by atoms with Crippen LogP contribution in [0, 0.1) is 12.7 Å². The maximum atomic E-state index is 14.4. The number of piperidine rings is 1. The molecule has 0 unspecified atom stereocenters. The molecule has 3 N–H and O–H groups in total. The minimum atomic E-state index is -0.423. The Kier molecular flexibility index (Phi) is 7.14. The van der Waals surface area contributed by atoms with Crippen LogP contribution in [-0.4, -0.2) is 42.2 Å². The van der Waals surface area contributed by atoms with Crippen LogP contribution in [0.15, 0.2) is 24.4 Å². The molecule has 0 atom stereocenters. The summed E-state index contributed by atoms with van der Waals surface area (Å²) < 4.78 is 25.3. The van der Waals surface area contributed by atoms with E-state index in [2.05, 4.69) is 15.2 Å². The SMILES string of the molecule is CCOc1cc(CN2CCC(Nc3cnc(N)c(C)c3)CC2)cc(OCC)c1F. The number of nitrogens with one attached hydrogen (secondary N) is 1. The number of ether oxygens (including phenoxy) is 2. The number of hydrogen-bond donors (Lipinski definition) is 2. The summed E-state index contributed by atoms with van der Waals surface area (Å²) >= 11 is 0. The summed E-state index contributed by atoms with van der Waals surface area (Å²) in [6.07, 6.45) is 3.85. The molecule has 2 heterocycles. The molecule has 1 saturated heterocycles. The van der Waals surface area contributed by atoms with Crippen LogP contribution in [0.4, 0.5) is 15.9 Å². The highest BCUT2D eigenvalue weighted by molar-refractivity contribution is 5.51. The van der Waals surface area contributed by atoms with E-state index in [-0.39, 0.29) is 11.5 Å². The van der Waals surface area contributed by atoms with Crippen molar-refractivity contribution < 1.29 is 13.9 Å². The van der Waals surface area contributed by atoms with Crippen LogP contribution >= 0.6 is 0 Å². The molecule has 0 radical (unpaired) electrons. The zero-order valence-electron chi connectivity index (χ0n) is 17.5. The van der Waals surface area contributed by atoms with E-state index >= 15 is 0 Å². The third kappa shape index (κ3) is 5.50. The van der Waals surface area contributed by atoms with Crippen molar-refractivity contribution in [1.82, 2.24) is 9.88 Å². The number of aryl methyl sites for hydroxylation is 1. The molecule has 0 bridgehead atoms. The molecule has 7 heteroatoms. The van der Waals surface area contributed by atoms with Gasteiger partial charge in [-0.3, -0.25) is 4.90 Å². The third-order valence-electron chi connectivity index (χ3n) is 5.15. The second kappa shape index (κ2) is 9.78. The lowest BCUT2D eigenvalue weighted by Crippen LogP contribution is -2.38. The Balaban J connectivity index is 1.59. The summed E-state index contributed by atoms with van der Waals surface area (Å²) in [6, 6.07) is 6.02. The molecule has 1 aromatic heterocycles. The topological polar surface area (TPSA) is 72.6 Å². The van der Waals surface area contributed by atoms with E-state index in [0.717, 1.165) is 49.3 Å². The maximum absolute atomic E-state index is 14.4. The molecule has 1 aromatic carbocycles. The van der Waals surface area contributed by atoms with Gasteiger partial charge in [-0.05, 0) is 62.9 Å². The van der Waals surface area contributed by atoms with Gasteiger partial charge in [0.25, 0.3) is 0 Å². The fourth-order valence-corrected chi connectivity index (χ4v) is 3.63. The number of benzene rings is 1. The number of anilines is 2. The predicted octanol–water partition coefficient (Wildman–Crippen LogP) is 3.99. The van der Waals surface area contributed by atoms with Crippen LogP contribution in [0.25, 0.3) is 0 Å². The summed E-state index contributed by atoms with van der Waals surface area (Å²) in [4.78, 5) is 6.60. The molecule has 1 fully saturated rings. The molecule has 6 nitrogen and oxygen atoms in total. The van der Waals surface area contributed by atoms with Crippen LogP contribution in [0.2, 0.25) is 0 Å². The fraction of sp³-hybridized carbons (Fsp3) is 0.500. The van der Waals surface area contributed by atoms with Gasteiger partial charge in [-0.2, -0.15) is 4.39 Å². The van der Waals surface area contributed by atoms with E-state index in [0.29, 0.717) is 25.1 Å². The first-order chi connectivity index (χ1) is 14.0. The highest BCUT2D eigenvalue weighted by atomic mass is 19.1. The Morgan fingerprint density at radius 1 is 1.14 bits per heavy atom. The molecule has 0 saturated carbocycles. The van der Waals surface area contributed by atoms with Crippen LogP contribution in [0.5, 0.6) is 11.5 Å². The summed E-state index contributed by atoms with van der Waals surface area (Å²) in [5.74, 6) is 0.669. The van der Waals surface area contributed by atoms with Crippen molar-refractivity contribution in [3.63, 3.8) is 0 Å². The summed E-state index contributed by atoms with van der Waals surface area (Å²) in [5, 5.41) is 3.56. The monoisotopic (exact) mass is 402 g/mol. The molecule has 1 aliphatic heterocycles. The quantitative estimate of drug-likeness (QED) is 0.696. The van der Waals surface area contributed by atoms with E-state index in [1.807, 2.05) is 26.8 Å². The number of rotatable bonds is 8. The Morgan fingerprint density at radius 3 is 2.31 bits per heavy atom. The molecule has 0 aliphatic carbocycles. The van der Waals surface area contributed by atoms with E-state index in [1.165, 1.54) is 0 Å². The van der Waals surface area contributed by atoms with Gasteiger partial charge < -0.3 is 20.5 Å². The molecular weight excluding hydrogens is 371 g/mol. The van der Waals surface area contributed by atoms with Gasteiger partial charge in [0.2, 0.25) is 5.82 Å². The van der Waals surface area contributed by atoms with E-state index in [4.69, 9.17) is 15.2 Å². The molecule has 1 aliphatic rings. The largest absolute Gasteiger partial charge is 0.491 e. The number of likely N-dealkylation sites (tertiary alicyclic amines) is 1. The lowest BCUT2D eigenvalue weighted by molar-refractivity contribution is 0.210. The number of aromatic nitrogens is 1. The zero-order valence-corrected chi connectivity index (χ0v) is 17.5. The molecule has 158 valence electrons. The highest BCUT2D eigenvalue weighted by Gasteiger charge is 2.21. The molecule has 3 rings (SSSR count). The molecule has 29 heavy (non-hydrogen) atoms. The van der Waals surface area contributed by atoms with Crippen molar-refractivity contribution in [1.29, 1.82) is 0 Å². The normalized spacial score (nSPS) is 15.3. The average molecular weight is 403 g/mol. The van der Waals surface area contributed by atoms with Crippen molar-refractivity contribution in [3.05, 3.63) is 41.3 Å². The smallest absolute Gasteiger partial charge is 0.206 e. The van der Waals surface area contributed by atoms with Crippen LogP contribution in [0.3, 0.4) is 0 Å². The first-order valence-electron chi connectivity index (χ1n) is 10.3. The van der Waals surface area contributed by atoms with E-state index in [1.54, 1.807) is 18.3 Å². The van der Waals surface area contributed by atoms with Gasteiger partial charge in [-0.15, -0.1) is 0 Å². The second-order valence-corrected chi connectivity index (χ2v) is 7.39. The van der Waals surface area contributed by atoms with Crippen molar-refractivity contribution in [3.8, 4) is 11.5 Å². The van der Waals surface area contributed by atoms with Gasteiger partial charge in [-0.1, -0.05) is 0 Å². The van der Waals surface area contributed by atoms with Crippen molar-refractivity contribution in [2.24, 2.45) is 0 Å². The van der Waals surface area contributed by atoms with Gasteiger partial charge in [0, 0.05) is 25.7 Å². The Hall–Kier alpha value is -2.54. The minimum Gasteiger partial charge on any atom is -0.491 e. The van der Waals surface area contributed by atoms with Crippen molar-refractivity contribution >= 4 is 11.5 Å². The third-order valence-corrected chi connectivity index (χ3v) is 5.15. The summed E-state index contributed by atoms with van der Waals surface area (Å²) in [7, 11) is 0.